The van der Waals surface area contributed by atoms with E-state index in [0.717, 1.165) is 31.4 Å². The van der Waals surface area contributed by atoms with Gasteiger partial charge in [0.2, 0.25) is 5.91 Å². The summed E-state index contributed by atoms with van der Waals surface area (Å²) in [4.78, 5) is 24.9. The minimum atomic E-state index is -0.291. The lowest BCUT2D eigenvalue weighted by Gasteiger charge is -2.20. The first-order valence-electron chi connectivity index (χ1n) is 9.70. The molecule has 2 aromatic rings. The highest BCUT2D eigenvalue weighted by molar-refractivity contribution is 6.04. The molecule has 1 aromatic carbocycles. The van der Waals surface area contributed by atoms with Crippen molar-refractivity contribution in [1.29, 1.82) is 0 Å². The van der Waals surface area contributed by atoms with Crippen molar-refractivity contribution < 1.29 is 9.59 Å². The molecule has 0 aliphatic heterocycles. The minimum Gasteiger partial charge on any atom is -0.321 e. The van der Waals surface area contributed by atoms with E-state index < -0.39 is 0 Å². The number of amides is 2. The van der Waals surface area contributed by atoms with Crippen molar-refractivity contribution in [1.82, 2.24) is 9.78 Å². The van der Waals surface area contributed by atoms with E-state index in [1.807, 2.05) is 24.3 Å². The van der Waals surface area contributed by atoms with Gasteiger partial charge in [-0.1, -0.05) is 45.2 Å². The van der Waals surface area contributed by atoms with Gasteiger partial charge >= 0.3 is 0 Å². The van der Waals surface area contributed by atoms with Crippen LogP contribution in [0.15, 0.2) is 30.3 Å². The topological polar surface area (TPSA) is 76.0 Å². The molecule has 1 fully saturated rings. The summed E-state index contributed by atoms with van der Waals surface area (Å²) < 4.78 is 1.54. The van der Waals surface area contributed by atoms with Gasteiger partial charge in [-0.3, -0.25) is 14.3 Å². The number of nitrogens with one attached hydrogen (secondary N) is 2. The zero-order chi connectivity index (χ0) is 19.4. The Balaban J connectivity index is 1.64. The van der Waals surface area contributed by atoms with Crippen molar-refractivity contribution in [3.8, 4) is 0 Å². The maximum absolute atomic E-state index is 12.5. The molecule has 0 atom stereocenters. The molecular formula is C21H28N4O2. The van der Waals surface area contributed by atoms with Gasteiger partial charge in [-0.25, -0.2) is 0 Å². The summed E-state index contributed by atoms with van der Waals surface area (Å²) >= 11 is 0. The standard InChI is InChI=1S/C21H28N4O2/c1-14(2)15-9-11-17(12-10-15)22-21(27)18-13-19(25(3)24-18)23-20(26)16-7-5-4-6-8-16/h9-14,16H,4-8H2,1-3H3,(H,22,27)(H,23,26). The summed E-state index contributed by atoms with van der Waals surface area (Å²) in [5, 5.41) is 10.0. The van der Waals surface area contributed by atoms with E-state index in [1.54, 1.807) is 13.1 Å². The molecule has 0 bridgehead atoms. The van der Waals surface area contributed by atoms with E-state index in [2.05, 4.69) is 29.6 Å². The molecule has 2 amide bonds. The number of carbonyl (C=O) groups excluding carboxylic acids is 2. The number of rotatable bonds is 5. The summed E-state index contributed by atoms with van der Waals surface area (Å²) in [6, 6.07) is 9.42. The lowest BCUT2D eigenvalue weighted by molar-refractivity contribution is -0.120. The zero-order valence-corrected chi connectivity index (χ0v) is 16.3. The van der Waals surface area contributed by atoms with Crippen molar-refractivity contribution in [2.45, 2.75) is 51.9 Å². The molecule has 6 nitrogen and oxygen atoms in total. The second kappa shape index (κ2) is 8.37. The van der Waals surface area contributed by atoms with E-state index in [-0.39, 0.29) is 23.4 Å². The van der Waals surface area contributed by atoms with Crippen LogP contribution in [0.4, 0.5) is 11.5 Å². The fraction of sp³-hybridized carbons (Fsp3) is 0.476. The second-order valence-corrected chi connectivity index (χ2v) is 7.59. The zero-order valence-electron chi connectivity index (χ0n) is 16.3. The molecule has 6 heteroatoms. The lowest BCUT2D eigenvalue weighted by atomic mass is 9.89. The molecule has 0 radical (unpaired) electrons. The van der Waals surface area contributed by atoms with Gasteiger partial charge in [-0.05, 0) is 36.5 Å². The van der Waals surface area contributed by atoms with Crippen LogP contribution < -0.4 is 10.6 Å². The van der Waals surface area contributed by atoms with E-state index in [9.17, 15) is 9.59 Å². The Morgan fingerprint density at radius 3 is 2.37 bits per heavy atom. The number of aryl methyl sites for hydroxylation is 1. The van der Waals surface area contributed by atoms with Gasteiger partial charge in [0.25, 0.3) is 5.91 Å². The number of hydrogen-bond donors (Lipinski definition) is 2. The van der Waals surface area contributed by atoms with Crippen LogP contribution in [-0.4, -0.2) is 21.6 Å². The monoisotopic (exact) mass is 368 g/mol. The molecular weight excluding hydrogens is 340 g/mol. The number of benzene rings is 1. The van der Waals surface area contributed by atoms with Gasteiger partial charge in [0, 0.05) is 24.7 Å². The summed E-state index contributed by atoms with van der Waals surface area (Å²) in [6.45, 7) is 4.26. The van der Waals surface area contributed by atoms with Crippen LogP contribution in [0.1, 0.15) is 67.9 Å². The summed E-state index contributed by atoms with van der Waals surface area (Å²) in [5.74, 6) is 0.784. The predicted molar refractivity (Wildman–Crippen MR) is 107 cm³/mol. The molecule has 0 unspecified atom stereocenters. The Kier molecular flexibility index (Phi) is 5.94. The van der Waals surface area contributed by atoms with E-state index in [1.165, 1.54) is 16.7 Å². The maximum Gasteiger partial charge on any atom is 0.276 e. The highest BCUT2D eigenvalue weighted by Gasteiger charge is 2.22. The third-order valence-electron chi connectivity index (χ3n) is 5.17. The van der Waals surface area contributed by atoms with Crippen molar-refractivity contribution >= 4 is 23.3 Å². The highest BCUT2D eigenvalue weighted by Crippen LogP contribution is 2.25. The summed E-state index contributed by atoms with van der Waals surface area (Å²) in [6.07, 6.45) is 5.28. The first-order valence-corrected chi connectivity index (χ1v) is 9.70. The van der Waals surface area contributed by atoms with Crippen LogP contribution >= 0.6 is 0 Å². The highest BCUT2D eigenvalue weighted by atomic mass is 16.2. The van der Waals surface area contributed by atoms with Crippen LogP contribution in [-0.2, 0) is 11.8 Å². The van der Waals surface area contributed by atoms with Gasteiger partial charge in [0.05, 0.1) is 0 Å². The molecule has 144 valence electrons. The minimum absolute atomic E-state index is 0.0222. The van der Waals surface area contributed by atoms with Crippen LogP contribution in [0.5, 0.6) is 0 Å². The van der Waals surface area contributed by atoms with Crippen LogP contribution in [0, 0.1) is 5.92 Å². The van der Waals surface area contributed by atoms with Crippen LogP contribution in [0.3, 0.4) is 0 Å². The molecule has 3 rings (SSSR count). The van der Waals surface area contributed by atoms with Crippen molar-refractivity contribution in [3.63, 3.8) is 0 Å². The first-order chi connectivity index (χ1) is 12.9. The third kappa shape index (κ3) is 4.76. The first kappa shape index (κ1) is 19.1. The largest absolute Gasteiger partial charge is 0.321 e. The molecule has 1 heterocycles. The fourth-order valence-corrected chi connectivity index (χ4v) is 3.43. The normalized spacial score (nSPS) is 15.0. The number of aromatic nitrogens is 2. The van der Waals surface area contributed by atoms with Crippen molar-refractivity contribution in [3.05, 3.63) is 41.6 Å². The molecule has 2 N–H and O–H groups in total. The molecule has 1 saturated carbocycles. The second-order valence-electron chi connectivity index (χ2n) is 7.59. The van der Waals surface area contributed by atoms with Crippen molar-refractivity contribution in [2.75, 3.05) is 10.6 Å². The van der Waals surface area contributed by atoms with Crippen molar-refractivity contribution in [2.24, 2.45) is 13.0 Å². The Hall–Kier alpha value is -2.63. The Morgan fingerprint density at radius 2 is 1.74 bits per heavy atom. The van der Waals surface area contributed by atoms with E-state index >= 15 is 0 Å². The quantitative estimate of drug-likeness (QED) is 0.825. The van der Waals surface area contributed by atoms with Crippen LogP contribution in [0.2, 0.25) is 0 Å². The van der Waals surface area contributed by atoms with Gasteiger partial charge in [-0.2, -0.15) is 5.10 Å². The predicted octanol–water partition coefficient (Wildman–Crippen LogP) is 4.31. The van der Waals surface area contributed by atoms with E-state index in [0.29, 0.717) is 11.7 Å². The molecule has 0 spiro atoms. The molecule has 27 heavy (non-hydrogen) atoms. The molecule has 1 aromatic heterocycles. The number of hydrogen-bond acceptors (Lipinski definition) is 3. The van der Waals surface area contributed by atoms with E-state index in [4.69, 9.17) is 0 Å². The smallest absolute Gasteiger partial charge is 0.276 e. The Bertz CT molecular complexity index is 802. The number of carbonyl (C=O) groups is 2. The van der Waals surface area contributed by atoms with Gasteiger partial charge < -0.3 is 10.6 Å². The average Bonchev–Trinajstić information content (AvgIpc) is 3.03. The van der Waals surface area contributed by atoms with Gasteiger partial charge in [-0.15, -0.1) is 0 Å². The fourth-order valence-electron chi connectivity index (χ4n) is 3.43. The van der Waals surface area contributed by atoms with Gasteiger partial charge in [0.15, 0.2) is 5.69 Å². The van der Waals surface area contributed by atoms with Crippen LogP contribution in [0.25, 0.3) is 0 Å². The molecule has 1 aliphatic rings. The summed E-state index contributed by atoms with van der Waals surface area (Å²) in [5.41, 5.74) is 2.23. The average molecular weight is 368 g/mol. The Labute approximate surface area is 160 Å². The van der Waals surface area contributed by atoms with Gasteiger partial charge in [0.1, 0.15) is 5.82 Å². The Morgan fingerprint density at radius 1 is 1.07 bits per heavy atom. The number of nitrogens with zero attached hydrogens (tertiary/aromatic N) is 2. The molecule has 1 aliphatic carbocycles. The lowest BCUT2D eigenvalue weighted by Crippen LogP contribution is -2.25. The molecule has 0 saturated heterocycles. The number of anilines is 2. The SMILES string of the molecule is CC(C)c1ccc(NC(=O)c2cc(NC(=O)C3CCCCC3)n(C)n2)cc1. The maximum atomic E-state index is 12.5. The third-order valence-corrected chi connectivity index (χ3v) is 5.17. The summed E-state index contributed by atoms with van der Waals surface area (Å²) in [7, 11) is 1.73.